The molecule has 0 aliphatic carbocycles. The molecule has 1 fully saturated rings. The predicted molar refractivity (Wildman–Crippen MR) is 70.9 cm³/mol. The minimum atomic E-state index is -4.91. The Morgan fingerprint density at radius 3 is 2.35 bits per heavy atom. The summed E-state index contributed by atoms with van der Waals surface area (Å²) >= 11 is 0. The van der Waals surface area contributed by atoms with Crippen LogP contribution in [0.5, 0.6) is 0 Å². The fourth-order valence-electron chi connectivity index (χ4n) is 2.79. The Bertz CT molecular complexity index is 710. The van der Waals surface area contributed by atoms with Gasteiger partial charge in [-0.25, -0.2) is 4.98 Å². The summed E-state index contributed by atoms with van der Waals surface area (Å²) in [5.74, 6) is 0.156. The average molecular weight is 337 g/mol. The van der Waals surface area contributed by atoms with E-state index in [4.69, 9.17) is 0 Å². The molecule has 1 saturated heterocycles. The van der Waals surface area contributed by atoms with E-state index in [1.165, 1.54) is 0 Å². The Hall–Kier alpha value is -1.77. The first-order chi connectivity index (χ1) is 10.7. The number of aromatic amines is 1. The molecule has 0 bridgehead atoms. The summed E-state index contributed by atoms with van der Waals surface area (Å²) in [6.07, 6.45) is -8.20. The van der Waals surface area contributed by atoms with Gasteiger partial charge in [-0.15, -0.1) is 0 Å². The van der Waals surface area contributed by atoms with Crippen molar-refractivity contribution in [2.45, 2.75) is 31.1 Å². The van der Waals surface area contributed by atoms with E-state index in [-0.39, 0.29) is 23.3 Å². The van der Waals surface area contributed by atoms with Gasteiger partial charge in [0, 0.05) is 12.5 Å². The number of alkyl halides is 6. The van der Waals surface area contributed by atoms with Crippen molar-refractivity contribution in [3.8, 4) is 0 Å². The van der Waals surface area contributed by atoms with E-state index in [1.54, 1.807) is 0 Å². The normalized spacial score (nSPS) is 20.2. The minimum absolute atomic E-state index is 0.117. The van der Waals surface area contributed by atoms with Crippen LogP contribution in [0.25, 0.3) is 11.0 Å². The van der Waals surface area contributed by atoms with E-state index in [0.29, 0.717) is 12.6 Å². The van der Waals surface area contributed by atoms with Gasteiger partial charge in [0.25, 0.3) is 0 Å². The van der Waals surface area contributed by atoms with Crippen LogP contribution >= 0.6 is 0 Å². The quantitative estimate of drug-likeness (QED) is 0.770. The lowest BCUT2D eigenvalue weighted by Gasteiger charge is -2.20. The smallest absolute Gasteiger partial charge is 0.342 e. The molecule has 0 spiro atoms. The second kappa shape index (κ2) is 5.40. The van der Waals surface area contributed by atoms with E-state index in [1.807, 2.05) is 0 Å². The van der Waals surface area contributed by atoms with Gasteiger partial charge in [-0.3, -0.25) is 0 Å². The van der Waals surface area contributed by atoms with Crippen LogP contribution in [-0.2, 0) is 12.4 Å². The van der Waals surface area contributed by atoms with Gasteiger partial charge < -0.3 is 10.3 Å². The number of rotatable bonds is 1. The number of fused-ring (bicyclic) bond motifs is 1. The molecule has 0 saturated carbocycles. The average Bonchev–Trinajstić information content (AvgIpc) is 2.89. The number of piperidine rings is 1. The van der Waals surface area contributed by atoms with Crippen LogP contribution in [0.2, 0.25) is 0 Å². The molecule has 23 heavy (non-hydrogen) atoms. The molecule has 1 aromatic heterocycles. The molecule has 3 nitrogen and oxygen atoms in total. The summed E-state index contributed by atoms with van der Waals surface area (Å²) in [7, 11) is 0. The van der Waals surface area contributed by atoms with Crippen LogP contribution in [0.3, 0.4) is 0 Å². The highest BCUT2D eigenvalue weighted by molar-refractivity contribution is 5.80. The third-order valence-corrected chi connectivity index (χ3v) is 3.92. The molecule has 1 aliphatic heterocycles. The van der Waals surface area contributed by atoms with Crippen molar-refractivity contribution in [1.82, 2.24) is 15.3 Å². The van der Waals surface area contributed by atoms with Gasteiger partial charge in [-0.1, -0.05) is 0 Å². The lowest BCUT2D eigenvalue weighted by molar-refractivity contribution is -0.142. The summed E-state index contributed by atoms with van der Waals surface area (Å²) in [5, 5.41) is 3.10. The molecule has 3 rings (SSSR count). The molecule has 2 aromatic rings. The minimum Gasteiger partial charge on any atom is -0.342 e. The fourth-order valence-corrected chi connectivity index (χ4v) is 2.79. The number of nitrogens with zero attached hydrogens (tertiary/aromatic N) is 1. The van der Waals surface area contributed by atoms with Gasteiger partial charge in [-0.2, -0.15) is 26.3 Å². The van der Waals surface area contributed by atoms with Gasteiger partial charge in [0.1, 0.15) is 11.3 Å². The van der Waals surface area contributed by atoms with Crippen molar-refractivity contribution in [2.24, 2.45) is 0 Å². The summed E-state index contributed by atoms with van der Waals surface area (Å²) in [5.41, 5.74) is -3.42. The number of hydrogen-bond acceptors (Lipinski definition) is 2. The van der Waals surface area contributed by atoms with Gasteiger partial charge in [-0.05, 0) is 31.5 Å². The first kappa shape index (κ1) is 16.1. The Kier molecular flexibility index (Phi) is 3.78. The van der Waals surface area contributed by atoms with E-state index in [2.05, 4.69) is 15.3 Å². The maximum atomic E-state index is 13.1. The Morgan fingerprint density at radius 1 is 1.04 bits per heavy atom. The van der Waals surface area contributed by atoms with Crippen molar-refractivity contribution >= 4 is 11.0 Å². The van der Waals surface area contributed by atoms with Crippen LogP contribution in [0.4, 0.5) is 26.3 Å². The molecule has 0 amide bonds. The van der Waals surface area contributed by atoms with Gasteiger partial charge in [0.2, 0.25) is 0 Å². The number of imidazole rings is 1. The molecule has 0 radical (unpaired) electrons. The van der Waals surface area contributed by atoms with Crippen molar-refractivity contribution in [3.63, 3.8) is 0 Å². The van der Waals surface area contributed by atoms with Crippen molar-refractivity contribution < 1.29 is 26.3 Å². The molecule has 126 valence electrons. The number of benzene rings is 1. The van der Waals surface area contributed by atoms with Crippen molar-refractivity contribution in [1.29, 1.82) is 0 Å². The maximum absolute atomic E-state index is 13.1. The lowest BCUT2D eigenvalue weighted by atomic mass is 9.99. The highest BCUT2D eigenvalue weighted by Gasteiger charge is 2.39. The third-order valence-electron chi connectivity index (χ3n) is 3.92. The largest absolute Gasteiger partial charge is 0.418 e. The zero-order chi connectivity index (χ0) is 16.8. The summed E-state index contributed by atoms with van der Waals surface area (Å²) < 4.78 is 77.8. The summed E-state index contributed by atoms with van der Waals surface area (Å²) in [6, 6.07) is 0.795. The zero-order valence-corrected chi connectivity index (χ0v) is 11.8. The molecule has 1 unspecified atom stereocenters. The summed E-state index contributed by atoms with van der Waals surface area (Å²) in [6.45, 7) is 1.34. The Labute approximate surface area is 127 Å². The first-order valence-electron chi connectivity index (χ1n) is 7.05. The number of hydrogen-bond donors (Lipinski definition) is 2. The molecule has 2 heterocycles. The Morgan fingerprint density at radius 2 is 1.78 bits per heavy atom. The number of H-pyrrole nitrogens is 1. The molecular weight excluding hydrogens is 324 g/mol. The SMILES string of the molecule is FC(F)(F)c1cc(C(F)(F)F)c2nc(C3CCCNC3)[nH]c2c1. The topological polar surface area (TPSA) is 40.7 Å². The lowest BCUT2D eigenvalue weighted by Crippen LogP contribution is -2.28. The maximum Gasteiger partial charge on any atom is 0.418 e. The van der Waals surface area contributed by atoms with Gasteiger partial charge in [0.05, 0.1) is 16.6 Å². The molecule has 2 N–H and O–H groups in total. The van der Waals surface area contributed by atoms with Crippen LogP contribution < -0.4 is 5.32 Å². The van der Waals surface area contributed by atoms with Crippen molar-refractivity contribution in [2.75, 3.05) is 13.1 Å². The van der Waals surface area contributed by atoms with Crippen LogP contribution in [-0.4, -0.2) is 23.1 Å². The molecule has 1 aliphatic rings. The number of aromatic nitrogens is 2. The standard InChI is InChI=1S/C14H13F6N3/c15-13(16,17)8-4-9(14(18,19)20)11-10(5-8)22-12(23-11)7-2-1-3-21-6-7/h4-5,7,21H,1-3,6H2,(H,22,23). The monoisotopic (exact) mass is 337 g/mol. The second-order valence-electron chi connectivity index (χ2n) is 5.58. The number of halogens is 6. The molecule has 9 heteroatoms. The van der Waals surface area contributed by atoms with E-state index < -0.39 is 29.0 Å². The van der Waals surface area contributed by atoms with E-state index >= 15 is 0 Å². The van der Waals surface area contributed by atoms with Gasteiger partial charge in [0.15, 0.2) is 0 Å². The van der Waals surface area contributed by atoms with E-state index in [0.717, 1.165) is 19.4 Å². The fraction of sp³-hybridized carbons (Fsp3) is 0.500. The number of nitrogens with one attached hydrogen (secondary N) is 2. The Balaban J connectivity index is 2.15. The van der Waals surface area contributed by atoms with E-state index in [9.17, 15) is 26.3 Å². The molecular formula is C14H13F6N3. The summed E-state index contributed by atoms with van der Waals surface area (Å²) in [4.78, 5) is 6.58. The zero-order valence-electron chi connectivity index (χ0n) is 11.8. The second-order valence-corrected chi connectivity index (χ2v) is 5.58. The highest BCUT2D eigenvalue weighted by Crippen LogP contribution is 2.39. The molecule has 1 aromatic carbocycles. The van der Waals surface area contributed by atoms with Crippen molar-refractivity contribution in [3.05, 3.63) is 29.1 Å². The van der Waals surface area contributed by atoms with Crippen LogP contribution in [0.15, 0.2) is 12.1 Å². The predicted octanol–water partition coefficient (Wildman–Crippen LogP) is 4.07. The van der Waals surface area contributed by atoms with Crippen LogP contribution in [0.1, 0.15) is 35.7 Å². The van der Waals surface area contributed by atoms with Crippen LogP contribution in [0, 0.1) is 0 Å². The van der Waals surface area contributed by atoms with Gasteiger partial charge >= 0.3 is 12.4 Å². The molecule has 1 atom stereocenters. The highest BCUT2D eigenvalue weighted by atomic mass is 19.4. The third kappa shape index (κ3) is 3.15. The first-order valence-corrected chi connectivity index (χ1v) is 7.05.